The third-order valence-corrected chi connectivity index (χ3v) is 5.04. The molecule has 3 N–H and O–H groups in total. The van der Waals surface area contributed by atoms with Crippen molar-refractivity contribution in [3.05, 3.63) is 82.9 Å². The van der Waals surface area contributed by atoms with E-state index < -0.39 is 5.91 Å². The summed E-state index contributed by atoms with van der Waals surface area (Å²) in [6.45, 7) is 1.96. The largest absolute Gasteiger partial charge is 0.355 e. The van der Waals surface area contributed by atoms with Crippen LogP contribution in [0.25, 0.3) is 5.65 Å². The maximum Gasteiger partial charge on any atom is 0.274 e. The fourth-order valence-electron chi connectivity index (χ4n) is 3.10. The van der Waals surface area contributed by atoms with E-state index in [1.165, 1.54) is 19.4 Å². The van der Waals surface area contributed by atoms with Gasteiger partial charge in [-0.05, 0) is 36.8 Å². The summed E-state index contributed by atoms with van der Waals surface area (Å²) in [6.07, 6.45) is 4.60. The first-order valence-corrected chi connectivity index (χ1v) is 9.83. The number of imidazole rings is 1. The molecular formula is C22H19ClN6O2. The predicted molar refractivity (Wildman–Crippen MR) is 120 cm³/mol. The van der Waals surface area contributed by atoms with Gasteiger partial charge in [0.2, 0.25) is 0 Å². The molecule has 8 nitrogen and oxygen atoms in total. The third-order valence-electron chi connectivity index (χ3n) is 4.74. The number of benzene rings is 1. The van der Waals surface area contributed by atoms with Gasteiger partial charge in [-0.25, -0.2) is 9.97 Å². The van der Waals surface area contributed by atoms with E-state index in [2.05, 4.69) is 25.9 Å². The fourth-order valence-corrected chi connectivity index (χ4v) is 3.31. The predicted octanol–water partition coefficient (Wildman–Crippen LogP) is 4.05. The number of pyridine rings is 2. The second-order valence-corrected chi connectivity index (χ2v) is 7.19. The van der Waals surface area contributed by atoms with Crippen LogP contribution in [0.1, 0.15) is 26.4 Å². The van der Waals surface area contributed by atoms with Crippen LogP contribution in [0.15, 0.2) is 61.1 Å². The van der Waals surface area contributed by atoms with Crippen LogP contribution in [0.4, 0.5) is 17.2 Å². The zero-order valence-electron chi connectivity index (χ0n) is 16.8. The molecule has 0 bridgehead atoms. The van der Waals surface area contributed by atoms with E-state index in [1.807, 2.05) is 31.2 Å². The van der Waals surface area contributed by atoms with Gasteiger partial charge in [-0.2, -0.15) is 0 Å². The summed E-state index contributed by atoms with van der Waals surface area (Å²) in [5.41, 5.74) is 3.28. The van der Waals surface area contributed by atoms with Gasteiger partial charge < -0.3 is 16.0 Å². The SMILES string of the molecule is CNC(=O)c1cnc(Nc2ccccc2C)c(NC(=O)c2cnc3c(Cl)cccn23)c1. The van der Waals surface area contributed by atoms with Crippen LogP contribution >= 0.6 is 11.6 Å². The molecule has 4 aromatic rings. The van der Waals surface area contributed by atoms with E-state index in [-0.39, 0.29) is 5.91 Å². The normalized spacial score (nSPS) is 10.7. The van der Waals surface area contributed by atoms with Gasteiger partial charge in [0, 0.05) is 25.1 Å². The van der Waals surface area contributed by atoms with Crippen LogP contribution in [-0.4, -0.2) is 33.2 Å². The van der Waals surface area contributed by atoms with Crippen molar-refractivity contribution in [2.45, 2.75) is 6.92 Å². The molecule has 2 amide bonds. The van der Waals surface area contributed by atoms with Gasteiger partial charge in [-0.15, -0.1) is 0 Å². The maximum absolute atomic E-state index is 13.1. The molecule has 3 aromatic heterocycles. The fraction of sp³-hybridized carbons (Fsp3) is 0.0909. The van der Waals surface area contributed by atoms with Gasteiger partial charge in [0.05, 0.1) is 22.5 Å². The van der Waals surface area contributed by atoms with Crippen molar-refractivity contribution in [2.75, 3.05) is 17.7 Å². The molecule has 0 fully saturated rings. The van der Waals surface area contributed by atoms with Gasteiger partial charge in [0.15, 0.2) is 11.5 Å². The van der Waals surface area contributed by atoms with Crippen LogP contribution in [0.3, 0.4) is 0 Å². The number of aromatic nitrogens is 3. The number of nitrogens with zero attached hydrogens (tertiary/aromatic N) is 3. The second-order valence-electron chi connectivity index (χ2n) is 6.79. The number of carbonyl (C=O) groups is 2. The van der Waals surface area contributed by atoms with Crippen LogP contribution < -0.4 is 16.0 Å². The molecule has 0 aliphatic carbocycles. The van der Waals surface area contributed by atoms with E-state index in [0.29, 0.717) is 33.4 Å². The highest BCUT2D eigenvalue weighted by Crippen LogP contribution is 2.27. The molecule has 0 spiro atoms. The first kappa shape index (κ1) is 20.4. The highest BCUT2D eigenvalue weighted by Gasteiger charge is 2.18. The summed E-state index contributed by atoms with van der Waals surface area (Å²) < 4.78 is 1.60. The quantitative estimate of drug-likeness (QED) is 0.440. The van der Waals surface area contributed by atoms with Gasteiger partial charge in [-0.1, -0.05) is 29.8 Å². The number of aryl methyl sites for hydroxylation is 1. The van der Waals surface area contributed by atoms with Gasteiger partial charge in [-0.3, -0.25) is 14.0 Å². The van der Waals surface area contributed by atoms with Gasteiger partial charge in [0.25, 0.3) is 11.8 Å². The Morgan fingerprint density at radius 3 is 2.58 bits per heavy atom. The van der Waals surface area contributed by atoms with Crippen LogP contribution in [0.5, 0.6) is 0 Å². The molecular weight excluding hydrogens is 416 g/mol. The van der Waals surface area contributed by atoms with E-state index in [0.717, 1.165) is 11.3 Å². The molecule has 0 aliphatic rings. The standard InChI is InChI=1S/C22H19ClN6O2/c1-13-6-3-4-8-16(13)27-19-17(10-14(11-25-19)21(30)24-2)28-22(31)18-12-26-20-15(23)7-5-9-29(18)20/h3-12H,1-2H3,(H,24,30)(H,25,27)(H,28,31). The lowest BCUT2D eigenvalue weighted by Crippen LogP contribution is -2.20. The number of amides is 2. The minimum absolute atomic E-state index is 0.296. The van der Waals surface area contributed by atoms with Crippen LogP contribution in [0.2, 0.25) is 5.02 Å². The summed E-state index contributed by atoms with van der Waals surface area (Å²) in [7, 11) is 1.53. The Hall–Kier alpha value is -3.91. The zero-order chi connectivity index (χ0) is 22.0. The summed E-state index contributed by atoms with van der Waals surface area (Å²) >= 11 is 6.16. The van der Waals surface area contributed by atoms with Crippen molar-refractivity contribution < 1.29 is 9.59 Å². The van der Waals surface area contributed by atoms with E-state index in [4.69, 9.17) is 11.6 Å². The lowest BCUT2D eigenvalue weighted by atomic mass is 10.2. The molecule has 156 valence electrons. The Bertz CT molecular complexity index is 1300. The average Bonchev–Trinajstić information content (AvgIpc) is 3.21. The lowest BCUT2D eigenvalue weighted by molar-refractivity contribution is 0.0961. The number of anilines is 3. The second kappa shape index (κ2) is 8.45. The molecule has 0 saturated carbocycles. The number of hydrogen-bond acceptors (Lipinski definition) is 5. The molecule has 9 heteroatoms. The topological polar surface area (TPSA) is 100 Å². The minimum atomic E-state index is -0.418. The first-order chi connectivity index (χ1) is 15.0. The number of nitrogens with one attached hydrogen (secondary N) is 3. The number of halogens is 1. The van der Waals surface area contributed by atoms with Crippen LogP contribution in [0, 0.1) is 6.92 Å². The van der Waals surface area contributed by atoms with E-state index in [1.54, 1.807) is 28.8 Å². The Balaban J connectivity index is 1.72. The van der Waals surface area contributed by atoms with Crippen molar-refractivity contribution in [3.63, 3.8) is 0 Å². The lowest BCUT2D eigenvalue weighted by Gasteiger charge is -2.15. The highest BCUT2D eigenvalue weighted by atomic mass is 35.5. The smallest absolute Gasteiger partial charge is 0.274 e. The van der Waals surface area contributed by atoms with Crippen molar-refractivity contribution in [1.82, 2.24) is 19.7 Å². The Kier molecular flexibility index (Phi) is 5.55. The third kappa shape index (κ3) is 4.06. The molecule has 0 atom stereocenters. The summed E-state index contributed by atoms with van der Waals surface area (Å²) in [5, 5.41) is 9.05. The van der Waals surface area contributed by atoms with Crippen molar-refractivity contribution in [2.24, 2.45) is 0 Å². The zero-order valence-corrected chi connectivity index (χ0v) is 17.6. The summed E-state index contributed by atoms with van der Waals surface area (Å²) in [4.78, 5) is 33.7. The molecule has 1 aromatic carbocycles. The molecule has 0 aliphatic heterocycles. The molecule has 31 heavy (non-hydrogen) atoms. The monoisotopic (exact) mass is 434 g/mol. The summed E-state index contributed by atoms with van der Waals surface area (Å²) in [6, 6.07) is 12.7. The van der Waals surface area contributed by atoms with Crippen molar-refractivity contribution >= 4 is 46.3 Å². The van der Waals surface area contributed by atoms with Gasteiger partial charge >= 0.3 is 0 Å². The molecule has 0 radical (unpaired) electrons. The summed E-state index contributed by atoms with van der Waals surface area (Å²) in [5.74, 6) is -0.326. The number of para-hydroxylation sites is 1. The first-order valence-electron chi connectivity index (χ1n) is 9.45. The number of fused-ring (bicyclic) bond motifs is 1. The average molecular weight is 435 g/mol. The van der Waals surface area contributed by atoms with E-state index in [9.17, 15) is 9.59 Å². The van der Waals surface area contributed by atoms with Crippen molar-refractivity contribution in [3.8, 4) is 0 Å². The van der Waals surface area contributed by atoms with Gasteiger partial charge in [0.1, 0.15) is 5.69 Å². The highest BCUT2D eigenvalue weighted by molar-refractivity contribution is 6.33. The van der Waals surface area contributed by atoms with Crippen LogP contribution in [-0.2, 0) is 0 Å². The van der Waals surface area contributed by atoms with E-state index >= 15 is 0 Å². The maximum atomic E-state index is 13.1. The molecule has 3 heterocycles. The Labute approximate surface area is 183 Å². The number of carbonyl (C=O) groups excluding carboxylic acids is 2. The Morgan fingerprint density at radius 2 is 1.81 bits per heavy atom. The molecule has 0 unspecified atom stereocenters. The van der Waals surface area contributed by atoms with Crippen molar-refractivity contribution in [1.29, 1.82) is 0 Å². The minimum Gasteiger partial charge on any atom is -0.355 e. The molecule has 4 rings (SSSR count). The molecule has 0 saturated heterocycles. The number of rotatable bonds is 5. The number of hydrogen-bond donors (Lipinski definition) is 3. The Morgan fingerprint density at radius 1 is 1.00 bits per heavy atom.